The first-order chi connectivity index (χ1) is 14.3. The Morgan fingerprint density at radius 1 is 1.13 bits per heavy atom. The Morgan fingerprint density at radius 2 is 1.83 bits per heavy atom. The number of piperidine rings is 1. The first-order valence-electron chi connectivity index (χ1n) is 10.5. The van der Waals surface area contributed by atoms with Crippen LogP contribution in [0.3, 0.4) is 0 Å². The van der Waals surface area contributed by atoms with E-state index in [1.165, 1.54) is 22.5 Å². The molecule has 1 saturated heterocycles. The molecule has 0 unspecified atom stereocenters. The van der Waals surface area contributed by atoms with Gasteiger partial charge in [0.25, 0.3) is 5.91 Å². The molecule has 0 bridgehead atoms. The summed E-state index contributed by atoms with van der Waals surface area (Å²) in [4.78, 5) is 24.7. The summed E-state index contributed by atoms with van der Waals surface area (Å²) in [6.45, 7) is 2.60. The number of nitrogens with zero attached hydrogens (tertiary/aromatic N) is 1. The van der Waals surface area contributed by atoms with E-state index < -0.39 is 22.6 Å². The second-order valence-corrected chi connectivity index (χ2v) is 10.5. The summed E-state index contributed by atoms with van der Waals surface area (Å²) in [5.41, 5.74) is -0.0615. The van der Waals surface area contributed by atoms with Gasteiger partial charge >= 0.3 is 5.97 Å². The predicted octanol–water partition coefficient (Wildman–Crippen LogP) is 3.37. The largest absolute Gasteiger partial charge is 0.452 e. The summed E-state index contributed by atoms with van der Waals surface area (Å²) < 4.78 is 32.3. The summed E-state index contributed by atoms with van der Waals surface area (Å²) in [6.07, 6.45) is 6.86. The molecule has 9 heteroatoms. The molecule has 0 spiro atoms. The van der Waals surface area contributed by atoms with E-state index in [-0.39, 0.29) is 27.4 Å². The molecule has 1 heterocycles. The highest BCUT2D eigenvalue weighted by Gasteiger charge is 2.28. The molecule has 1 saturated carbocycles. The monoisotopic (exact) mass is 456 g/mol. The quantitative estimate of drug-likeness (QED) is 0.662. The third kappa shape index (κ3) is 5.53. The van der Waals surface area contributed by atoms with Gasteiger partial charge in [-0.2, -0.15) is 4.31 Å². The van der Waals surface area contributed by atoms with E-state index >= 15 is 0 Å². The Kier molecular flexibility index (Phi) is 7.76. The number of amides is 1. The summed E-state index contributed by atoms with van der Waals surface area (Å²) in [5.74, 6) is -0.789. The average Bonchev–Trinajstić information content (AvgIpc) is 2.74. The number of rotatable bonds is 6. The highest BCUT2D eigenvalue weighted by molar-refractivity contribution is 7.89. The molecule has 1 aliphatic heterocycles. The molecule has 1 amide bonds. The normalized spacial score (nSPS) is 23.0. The lowest BCUT2D eigenvalue weighted by Crippen LogP contribution is -2.42. The lowest BCUT2D eigenvalue weighted by molar-refractivity contribution is -0.125. The van der Waals surface area contributed by atoms with Gasteiger partial charge in [-0.15, -0.1) is 0 Å². The zero-order valence-electron chi connectivity index (χ0n) is 17.2. The standard InChI is InChI=1S/C21H29ClN2O5S/c1-15-7-3-4-8-19(15)23-20(25)14-29-21(26)17-13-16(9-10-18(17)22)30(27,28)24-11-5-2-6-12-24/h9-10,13,15,19H,2-8,11-12,14H2,1H3,(H,23,25)/t15-,19-/m0/s1. The zero-order chi connectivity index (χ0) is 21.7. The maximum absolute atomic E-state index is 12.9. The Bertz CT molecular complexity index is 883. The zero-order valence-corrected chi connectivity index (χ0v) is 18.8. The number of nitrogens with one attached hydrogen (secondary N) is 1. The fourth-order valence-electron chi connectivity index (χ4n) is 4.06. The lowest BCUT2D eigenvalue weighted by Gasteiger charge is -2.29. The maximum Gasteiger partial charge on any atom is 0.340 e. The Hall–Kier alpha value is -1.64. The smallest absolute Gasteiger partial charge is 0.340 e. The molecular weight excluding hydrogens is 428 g/mol. The third-order valence-corrected chi connectivity index (χ3v) is 8.13. The van der Waals surface area contributed by atoms with Gasteiger partial charge in [0.15, 0.2) is 6.61 Å². The average molecular weight is 457 g/mol. The highest BCUT2D eigenvalue weighted by Crippen LogP contribution is 2.26. The number of hydrogen-bond acceptors (Lipinski definition) is 5. The van der Waals surface area contributed by atoms with Gasteiger partial charge in [-0.05, 0) is 49.8 Å². The second kappa shape index (κ2) is 10.1. The van der Waals surface area contributed by atoms with Gasteiger partial charge in [-0.1, -0.05) is 37.8 Å². The molecule has 2 atom stereocenters. The van der Waals surface area contributed by atoms with Crippen LogP contribution in [0.5, 0.6) is 0 Å². The second-order valence-electron chi connectivity index (χ2n) is 8.12. The van der Waals surface area contributed by atoms with Gasteiger partial charge in [0.2, 0.25) is 10.0 Å². The SMILES string of the molecule is C[C@H]1CCCC[C@@H]1NC(=O)COC(=O)c1cc(S(=O)(=O)N2CCCCC2)ccc1Cl. The molecule has 0 radical (unpaired) electrons. The predicted molar refractivity (Wildman–Crippen MR) is 114 cm³/mol. The number of halogens is 1. The first kappa shape index (κ1) is 23.0. The summed E-state index contributed by atoms with van der Waals surface area (Å²) in [7, 11) is -3.70. The summed E-state index contributed by atoms with van der Waals surface area (Å²) >= 11 is 6.11. The molecule has 1 aromatic rings. The van der Waals surface area contributed by atoms with Crippen LogP contribution in [0, 0.1) is 5.92 Å². The van der Waals surface area contributed by atoms with E-state index in [2.05, 4.69) is 12.2 Å². The molecular formula is C21H29ClN2O5S. The number of carbonyl (C=O) groups excluding carboxylic acids is 2. The van der Waals surface area contributed by atoms with Crippen molar-refractivity contribution in [3.8, 4) is 0 Å². The number of esters is 1. The van der Waals surface area contributed by atoms with Crippen molar-refractivity contribution in [2.75, 3.05) is 19.7 Å². The Labute approximate surface area is 183 Å². The molecule has 2 aliphatic rings. The van der Waals surface area contributed by atoms with Gasteiger partial charge in [-0.3, -0.25) is 4.79 Å². The van der Waals surface area contributed by atoms with E-state index in [1.807, 2.05) is 0 Å². The van der Waals surface area contributed by atoms with Crippen LogP contribution in [-0.2, 0) is 19.6 Å². The lowest BCUT2D eigenvalue weighted by atomic mass is 9.86. The van der Waals surface area contributed by atoms with Crippen LogP contribution in [0.4, 0.5) is 0 Å². The van der Waals surface area contributed by atoms with Crippen LogP contribution < -0.4 is 5.32 Å². The van der Waals surface area contributed by atoms with E-state index in [4.69, 9.17) is 16.3 Å². The van der Waals surface area contributed by atoms with E-state index in [1.54, 1.807) is 0 Å². The molecule has 1 aliphatic carbocycles. The van der Waals surface area contributed by atoms with Crippen molar-refractivity contribution in [2.24, 2.45) is 5.92 Å². The molecule has 1 N–H and O–H groups in total. The van der Waals surface area contributed by atoms with Crippen molar-refractivity contribution in [2.45, 2.75) is 62.8 Å². The number of hydrogen-bond donors (Lipinski definition) is 1. The Morgan fingerprint density at radius 3 is 2.53 bits per heavy atom. The van der Waals surface area contributed by atoms with Gasteiger partial charge in [0.1, 0.15) is 0 Å². The number of ether oxygens (including phenoxy) is 1. The van der Waals surface area contributed by atoms with Crippen molar-refractivity contribution in [3.63, 3.8) is 0 Å². The summed E-state index contributed by atoms with van der Waals surface area (Å²) in [6, 6.07) is 4.08. The van der Waals surface area contributed by atoms with Gasteiger partial charge in [0, 0.05) is 19.1 Å². The van der Waals surface area contributed by atoms with Crippen LogP contribution >= 0.6 is 11.6 Å². The third-order valence-electron chi connectivity index (χ3n) is 5.90. The molecule has 3 rings (SSSR count). The van der Waals surface area contributed by atoms with Crippen molar-refractivity contribution in [3.05, 3.63) is 28.8 Å². The molecule has 30 heavy (non-hydrogen) atoms. The van der Waals surface area contributed by atoms with Crippen molar-refractivity contribution < 1.29 is 22.7 Å². The van der Waals surface area contributed by atoms with E-state index in [9.17, 15) is 18.0 Å². The van der Waals surface area contributed by atoms with Gasteiger partial charge in [0.05, 0.1) is 15.5 Å². The van der Waals surface area contributed by atoms with Crippen molar-refractivity contribution in [1.82, 2.24) is 9.62 Å². The first-order valence-corrected chi connectivity index (χ1v) is 12.4. The van der Waals surface area contributed by atoms with Crippen LogP contribution in [-0.4, -0.2) is 50.3 Å². The Balaban J connectivity index is 1.64. The minimum atomic E-state index is -3.70. The van der Waals surface area contributed by atoms with Gasteiger partial charge in [-0.25, -0.2) is 13.2 Å². The topological polar surface area (TPSA) is 92.8 Å². The fraction of sp³-hybridized carbons (Fsp3) is 0.619. The highest BCUT2D eigenvalue weighted by atomic mass is 35.5. The van der Waals surface area contributed by atoms with E-state index in [0.717, 1.165) is 44.9 Å². The molecule has 166 valence electrons. The number of carbonyl (C=O) groups is 2. The van der Waals surface area contributed by atoms with Crippen LogP contribution in [0.1, 0.15) is 62.2 Å². The molecule has 7 nitrogen and oxygen atoms in total. The molecule has 1 aromatic carbocycles. The molecule has 2 fully saturated rings. The summed E-state index contributed by atoms with van der Waals surface area (Å²) in [5, 5.41) is 3.00. The van der Waals surface area contributed by atoms with Gasteiger partial charge < -0.3 is 10.1 Å². The van der Waals surface area contributed by atoms with Crippen LogP contribution in [0.15, 0.2) is 23.1 Å². The maximum atomic E-state index is 12.9. The minimum absolute atomic E-state index is 0.00114. The van der Waals surface area contributed by atoms with E-state index in [0.29, 0.717) is 19.0 Å². The number of sulfonamides is 1. The van der Waals surface area contributed by atoms with Crippen LogP contribution in [0.2, 0.25) is 5.02 Å². The van der Waals surface area contributed by atoms with Crippen molar-refractivity contribution in [1.29, 1.82) is 0 Å². The van der Waals surface area contributed by atoms with Crippen molar-refractivity contribution >= 4 is 33.5 Å². The molecule has 0 aromatic heterocycles. The number of benzene rings is 1. The minimum Gasteiger partial charge on any atom is -0.452 e. The van der Waals surface area contributed by atoms with Crippen LogP contribution in [0.25, 0.3) is 0 Å². The fourth-order valence-corrected chi connectivity index (χ4v) is 5.80.